The maximum Gasteiger partial charge on any atom is 0.343 e. The van der Waals surface area contributed by atoms with E-state index in [0.717, 1.165) is 24.3 Å². The third-order valence-corrected chi connectivity index (χ3v) is 2.94. The van der Waals surface area contributed by atoms with Gasteiger partial charge in [-0.05, 0) is 16.8 Å². The fraction of sp³-hybridized carbons (Fsp3) is 0. The molecule has 2 aromatic carbocycles. The molecule has 0 aliphatic carbocycles. The summed E-state index contributed by atoms with van der Waals surface area (Å²) in [7, 11) is 0. The van der Waals surface area contributed by atoms with Gasteiger partial charge in [-0.15, -0.1) is 0 Å². The van der Waals surface area contributed by atoms with Crippen LogP contribution in [0.25, 0.3) is 10.8 Å². The number of aromatic carboxylic acids is 2. The smallest absolute Gasteiger partial charge is 0.343 e. The Morgan fingerprint density at radius 1 is 0.909 bits per heavy atom. The van der Waals surface area contributed by atoms with E-state index in [0.29, 0.717) is 0 Å². The monoisotopic (exact) mass is 306 g/mol. The number of benzene rings is 2. The lowest BCUT2D eigenvalue weighted by Gasteiger charge is -2.07. The van der Waals surface area contributed by atoms with Crippen molar-refractivity contribution in [2.75, 3.05) is 0 Å². The number of carbonyl (C=O) groups is 2. The van der Waals surface area contributed by atoms with Crippen LogP contribution in [-0.4, -0.2) is 32.0 Å². The third-order valence-electron chi connectivity index (χ3n) is 2.94. The number of carboxylic acid groups (broad SMARTS) is 2. The second kappa shape index (κ2) is 5.09. The summed E-state index contributed by atoms with van der Waals surface area (Å²) in [4.78, 5) is 42.4. The van der Waals surface area contributed by atoms with Gasteiger partial charge in [-0.25, -0.2) is 9.59 Å². The van der Waals surface area contributed by atoms with Gasteiger partial charge in [0.15, 0.2) is 5.56 Å². The van der Waals surface area contributed by atoms with Crippen molar-refractivity contribution < 1.29 is 29.6 Å². The number of non-ortho nitro benzene ring substituents is 1. The van der Waals surface area contributed by atoms with Gasteiger partial charge in [-0.3, -0.25) is 20.2 Å². The standard InChI is InChI=1S/C12H6N2O8/c15-11(16)9-7-2-1-6(13(19)20)3-5(7)4-8(14(21)22)10(9)12(17)18/h1-4H,(H,15,16)(H,17,18). The van der Waals surface area contributed by atoms with Crippen LogP contribution in [0, 0.1) is 20.2 Å². The Hall–Kier alpha value is -3.56. The molecule has 0 heterocycles. The molecular formula is C12H6N2O8. The molecule has 0 saturated carbocycles. The van der Waals surface area contributed by atoms with Gasteiger partial charge in [0.1, 0.15) is 0 Å². The highest BCUT2D eigenvalue weighted by atomic mass is 16.6. The molecular weight excluding hydrogens is 300 g/mol. The molecule has 0 radical (unpaired) electrons. The molecule has 0 amide bonds. The van der Waals surface area contributed by atoms with E-state index in [9.17, 15) is 34.9 Å². The lowest BCUT2D eigenvalue weighted by Crippen LogP contribution is -2.12. The number of hydrogen-bond donors (Lipinski definition) is 2. The van der Waals surface area contributed by atoms with Crippen molar-refractivity contribution >= 4 is 34.1 Å². The van der Waals surface area contributed by atoms with Crippen molar-refractivity contribution in [3.63, 3.8) is 0 Å². The van der Waals surface area contributed by atoms with Crippen LogP contribution in [0.4, 0.5) is 11.4 Å². The van der Waals surface area contributed by atoms with Crippen LogP contribution in [0.1, 0.15) is 20.7 Å². The number of fused-ring (bicyclic) bond motifs is 1. The summed E-state index contributed by atoms with van der Waals surface area (Å²) in [5, 5.41) is 39.7. The molecule has 0 aliphatic heterocycles. The van der Waals surface area contributed by atoms with E-state index in [-0.39, 0.29) is 10.8 Å². The van der Waals surface area contributed by atoms with Gasteiger partial charge >= 0.3 is 11.9 Å². The van der Waals surface area contributed by atoms with Crippen molar-refractivity contribution in [2.45, 2.75) is 0 Å². The maximum absolute atomic E-state index is 11.3. The summed E-state index contributed by atoms with van der Waals surface area (Å²) in [5.41, 5.74) is -3.11. The largest absolute Gasteiger partial charge is 0.478 e. The van der Waals surface area contributed by atoms with Crippen molar-refractivity contribution in [3.8, 4) is 0 Å². The Kier molecular flexibility index (Phi) is 3.43. The molecule has 2 rings (SSSR count). The number of rotatable bonds is 4. The van der Waals surface area contributed by atoms with E-state index in [2.05, 4.69) is 0 Å². The van der Waals surface area contributed by atoms with Gasteiger partial charge < -0.3 is 10.2 Å². The molecule has 0 fully saturated rings. The second-order valence-electron chi connectivity index (χ2n) is 4.18. The van der Waals surface area contributed by atoms with Crippen LogP contribution < -0.4 is 0 Å². The van der Waals surface area contributed by atoms with Crippen LogP contribution in [0.5, 0.6) is 0 Å². The minimum atomic E-state index is -1.77. The Labute approximate surface area is 120 Å². The lowest BCUT2D eigenvalue weighted by molar-refractivity contribution is -0.385. The highest BCUT2D eigenvalue weighted by molar-refractivity contribution is 6.14. The normalized spacial score (nSPS) is 10.4. The second-order valence-corrected chi connectivity index (χ2v) is 4.18. The summed E-state index contributed by atoms with van der Waals surface area (Å²) >= 11 is 0. The Morgan fingerprint density at radius 3 is 1.95 bits per heavy atom. The van der Waals surface area contributed by atoms with E-state index >= 15 is 0 Å². The Bertz CT molecular complexity index is 858. The van der Waals surface area contributed by atoms with Gasteiger partial charge in [0.2, 0.25) is 0 Å². The first kappa shape index (κ1) is 14.8. The third kappa shape index (κ3) is 2.28. The van der Waals surface area contributed by atoms with Gasteiger partial charge in [0, 0.05) is 18.2 Å². The zero-order valence-corrected chi connectivity index (χ0v) is 10.5. The van der Waals surface area contributed by atoms with Gasteiger partial charge in [0.25, 0.3) is 11.4 Å². The van der Waals surface area contributed by atoms with E-state index in [1.807, 2.05) is 0 Å². The van der Waals surface area contributed by atoms with Gasteiger partial charge in [0.05, 0.1) is 15.4 Å². The molecule has 2 aromatic rings. The first-order chi connectivity index (χ1) is 10.2. The molecule has 0 spiro atoms. The van der Waals surface area contributed by atoms with Crippen LogP contribution in [0.2, 0.25) is 0 Å². The molecule has 2 N–H and O–H groups in total. The van der Waals surface area contributed by atoms with E-state index in [1.54, 1.807) is 0 Å². The molecule has 22 heavy (non-hydrogen) atoms. The molecule has 0 atom stereocenters. The minimum Gasteiger partial charge on any atom is -0.478 e. The number of carboxylic acids is 2. The number of nitro groups is 2. The fourth-order valence-electron chi connectivity index (χ4n) is 2.08. The topological polar surface area (TPSA) is 161 Å². The number of nitro benzene ring substituents is 2. The lowest BCUT2D eigenvalue weighted by atomic mass is 9.96. The average molecular weight is 306 g/mol. The molecule has 0 unspecified atom stereocenters. The zero-order chi connectivity index (χ0) is 16.6. The van der Waals surface area contributed by atoms with Crippen LogP contribution in [0.15, 0.2) is 24.3 Å². The van der Waals surface area contributed by atoms with Gasteiger partial charge in [-0.2, -0.15) is 0 Å². The molecule has 0 aliphatic rings. The molecule has 10 nitrogen and oxygen atoms in total. The zero-order valence-electron chi connectivity index (χ0n) is 10.5. The predicted molar refractivity (Wildman–Crippen MR) is 71.2 cm³/mol. The quantitative estimate of drug-likeness (QED) is 0.640. The molecule has 10 heteroatoms. The Morgan fingerprint density at radius 2 is 1.50 bits per heavy atom. The van der Waals surface area contributed by atoms with E-state index in [1.165, 1.54) is 0 Å². The summed E-state index contributed by atoms with van der Waals surface area (Å²) < 4.78 is 0. The first-order valence-corrected chi connectivity index (χ1v) is 5.60. The number of nitrogens with zero attached hydrogens (tertiary/aromatic N) is 2. The van der Waals surface area contributed by atoms with E-state index in [4.69, 9.17) is 5.11 Å². The predicted octanol–water partition coefficient (Wildman–Crippen LogP) is 2.05. The van der Waals surface area contributed by atoms with Crippen molar-refractivity contribution in [3.05, 3.63) is 55.6 Å². The van der Waals surface area contributed by atoms with Gasteiger partial charge in [-0.1, -0.05) is 0 Å². The molecule has 112 valence electrons. The summed E-state index contributed by atoms with van der Waals surface area (Å²) in [6, 6.07) is 3.79. The van der Waals surface area contributed by atoms with Crippen LogP contribution in [-0.2, 0) is 0 Å². The van der Waals surface area contributed by atoms with Crippen LogP contribution in [0.3, 0.4) is 0 Å². The number of hydrogen-bond acceptors (Lipinski definition) is 6. The molecule has 0 aromatic heterocycles. The highest BCUT2D eigenvalue weighted by Gasteiger charge is 2.30. The van der Waals surface area contributed by atoms with E-state index < -0.39 is 44.3 Å². The summed E-state index contributed by atoms with van der Waals surface area (Å²) in [6.45, 7) is 0. The average Bonchev–Trinajstić information content (AvgIpc) is 2.43. The van der Waals surface area contributed by atoms with Crippen molar-refractivity contribution in [1.82, 2.24) is 0 Å². The minimum absolute atomic E-state index is 0.108. The van der Waals surface area contributed by atoms with Crippen LogP contribution >= 0.6 is 0 Å². The fourth-order valence-corrected chi connectivity index (χ4v) is 2.08. The summed E-state index contributed by atoms with van der Waals surface area (Å²) in [5.74, 6) is -3.45. The van der Waals surface area contributed by atoms with Crippen molar-refractivity contribution in [1.29, 1.82) is 0 Å². The highest BCUT2D eigenvalue weighted by Crippen LogP contribution is 2.33. The summed E-state index contributed by atoms with van der Waals surface area (Å²) in [6.07, 6.45) is 0. The Balaban J connectivity index is 3.02. The molecule has 0 saturated heterocycles. The van der Waals surface area contributed by atoms with Crippen molar-refractivity contribution in [2.24, 2.45) is 0 Å². The molecule has 0 bridgehead atoms. The SMILES string of the molecule is O=C(O)c1c([N+](=O)[O-])cc2cc([N+](=O)[O-])ccc2c1C(=O)O. The first-order valence-electron chi connectivity index (χ1n) is 5.60. The maximum atomic E-state index is 11.3.